The van der Waals surface area contributed by atoms with E-state index in [9.17, 15) is 0 Å². The van der Waals surface area contributed by atoms with Crippen molar-refractivity contribution < 1.29 is 0 Å². The predicted molar refractivity (Wildman–Crippen MR) is 62.4 cm³/mol. The van der Waals surface area contributed by atoms with Crippen LogP contribution < -0.4 is 0 Å². The molecular weight excluding hydrogens is 230 g/mol. The normalized spacial score (nSPS) is 13.0. The lowest BCUT2D eigenvalue weighted by molar-refractivity contribution is 0.624. The Morgan fingerprint density at radius 3 is 2.93 bits per heavy atom. The van der Waals surface area contributed by atoms with Crippen molar-refractivity contribution >= 4 is 22.9 Å². The number of aryl methyl sites for hydroxylation is 1. The van der Waals surface area contributed by atoms with Crippen LogP contribution in [0, 0.1) is 6.92 Å². The lowest BCUT2D eigenvalue weighted by Crippen LogP contribution is -2.07. The van der Waals surface area contributed by atoms with Crippen LogP contribution in [0.1, 0.15) is 28.5 Å². The molecule has 0 aliphatic carbocycles. The summed E-state index contributed by atoms with van der Waals surface area (Å²) in [5, 5.41) is 7.85. The molecule has 2 aromatic rings. The summed E-state index contributed by atoms with van der Waals surface area (Å²) in [6.45, 7) is 4.24. The van der Waals surface area contributed by atoms with E-state index in [1.54, 1.807) is 17.7 Å². The van der Waals surface area contributed by atoms with Gasteiger partial charge in [0.05, 0.1) is 11.9 Å². The predicted octanol–water partition coefficient (Wildman–Crippen LogP) is 3.00. The molecule has 2 aromatic heterocycles. The van der Waals surface area contributed by atoms with Gasteiger partial charge in [0.25, 0.3) is 0 Å². The van der Waals surface area contributed by atoms with Gasteiger partial charge in [-0.05, 0) is 26.0 Å². The summed E-state index contributed by atoms with van der Waals surface area (Å²) in [6, 6.07) is 4.52. The van der Waals surface area contributed by atoms with Crippen LogP contribution in [0.3, 0.4) is 0 Å². The zero-order chi connectivity index (χ0) is 10.8. The van der Waals surface area contributed by atoms with Crippen molar-refractivity contribution in [1.82, 2.24) is 14.8 Å². The minimum absolute atomic E-state index is 0.257. The number of hydrogen-bond acceptors (Lipinski definition) is 3. The molecular formula is C10H12ClN3S. The minimum Gasteiger partial charge on any atom is -0.308 e. The number of hydrogen-bond donors (Lipinski definition) is 0. The molecule has 2 rings (SSSR count). The van der Waals surface area contributed by atoms with Crippen LogP contribution in [0.5, 0.6) is 0 Å². The van der Waals surface area contributed by atoms with E-state index < -0.39 is 0 Å². The first-order valence-electron chi connectivity index (χ1n) is 4.73. The van der Waals surface area contributed by atoms with E-state index >= 15 is 0 Å². The van der Waals surface area contributed by atoms with Gasteiger partial charge in [0.15, 0.2) is 0 Å². The van der Waals surface area contributed by atoms with Crippen molar-refractivity contribution in [2.75, 3.05) is 0 Å². The zero-order valence-electron chi connectivity index (χ0n) is 8.64. The highest BCUT2D eigenvalue weighted by Gasteiger charge is 2.13. The maximum Gasteiger partial charge on any atom is 0.148 e. The third-order valence-electron chi connectivity index (χ3n) is 2.36. The molecule has 1 unspecified atom stereocenters. The Bertz CT molecular complexity index is 449. The van der Waals surface area contributed by atoms with Crippen molar-refractivity contribution in [3.63, 3.8) is 0 Å². The molecule has 0 spiro atoms. The van der Waals surface area contributed by atoms with Gasteiger partial charge >= 0.3 is 0 Å². The van der Waals surface area contributed by atoms with E-state index in [1.807, 2.05) is 4.57 Å². The lowest BCUT2D eigenvalue weighted by atomic mass is 10.2. The Hall–Kier alpha value is -0.870. The van der Waals surface area contributed by atoms with Crippen LogP contribution in [-0.2, 0) is 5.88 Å². The number of aromatic nitrogens is 3. The van der Waals surface area contributed by atoms with Crippen molar-refractivity contribution in [1.29, 1.82) is 0 Å². The monoisotopic (exact) mass is 241 g/mol. The molecule has 0 saturated heterocycles. The number of alkyl halides is 1. The van der Waals surface area contributed by atoms with Gasteiger partial charge in [-0.15, -0.1) is 33.1 Å². The van der Waals surface area contributed by atoms with Crippen molar-refractivity contribution in [2.24, 2.45) is 0 Å². The molecule has 0 saturated carbocycles. The fraction of sp³-hybridized carbons (Fsp3) is 0.400. The molecule has 0 radical (unpaired) electrons. The van der Waals surface area contributed by atoms with Gasteiger partial charge in [-0.3, -0.25) is 0 Å². The van der Waals surface area contributed by atoms with E-state index in [2.05, 4.69) is 36.2 Å². The summed E-state index contributed by atoms with van der Waals surface area (Å²) < 4.78 is 2.01. The van der Waals surface area contributed by atoms with Crippen molar-refractivity contribution in [3.8, 4) is 0 Å². The number of thiophene rings is 1. The van der Waals surface area contributed by atoms with E-state index in [-0.39, 0.29) is 6.04 Å². The molecule has 1 atom stereocenters. The first kappa shape index (κ1) is 10.6. The lowest BCUT2D eigenvalue weighted by Gasteiger charge is -2.12. The second-order valence-electron chi connectivity index (χ2n) is 3.41. The Balaban J connectivity index is 2.31. The van der Waals surface area contributed by atoms with Crippen LogP contribution in [0.2, 0.25) is 0 Å². The molecule has 0 fully saturated rings. The third-order valence-corrected chi connectivity index (χ3v) is 3.77. The molecule has 0 amide bonds. The standard InChI is InChI=1S/C10H12ClN3S/c1-7-3-4-9(15-7)8(2)14-6-12-13-10(14)5-11/h3-4,6,8H,5H2,1-2H3. The second-order valence-corrected chi connectivity index (χ2v) is 5.00. The average molecular weight is 242 g/mol. The molecule has 0 bridgehead atoms. The average Bonchev–Trinajstić information content (AvgIpc) is 2.84. The molecule has 0 aromatic carbocycles. The minimum atomic E-state index is 0.257. The van der Waals surface area contributed by atoms with E-state index in [0.717, 1.165) is 5.82 Å². The van der Waals surface area contributed by atoms with Crippen LogP contribution >= 0.6 is 22.9 Å². The summed E-state index contributed by atoms with van der Waals surface area (Å²) in [6.07, 6.45) is 1.73. The molecule has 2 heterocycles. The highest BCUT2D eigenvalue weighted by Crippen LogP contribution is 2.26. The summed E-state index contributed by atoms with van der Waals surface area (Å²) in [5.74, 6) is 1.21. The number of halogens is 1. The summed E-state index contributed by atoms with van der Waals surface area (Å²) in [5.41, 5.74) is 0. The van der Waals surface area contributed by atoms with Crippen LogP contribution in [0.4, 0.5) is 0 Å². The highest BCUT2D eigenvalue weighted by atomic mass is 35.5. The molecule has 15 heavy (non-hydrogen) atoms. The third kappa shape index (κ3) is 2.06. The van der Waals surface area contributed by atoms with Crippen LogP contribution in [0.15, 0.2) is 18.5 Å². The van der Waals surface area contributed by atoms with Gasteiger partial charge < -0.3 is 4.57 Å². The van der Waals surface area contributed by atoms with Gasteiger partial charge in [-0.25, -0.2) is 0 Å². The quantitative estimate of drug-likeness (QED) is 0.774. The van der Waals surface area contributed by atoms with E-state index in [0.29, 0.717) is 5.88 Å². The molecule has 0 N–H and O–H groups in total. The molecule has 5 heteroatoms. The van der Waals surface area contributed by atoms with Gasteiger partial charge in [0, 0.05) is 9.75 Å². The van der Waals surface area contributed by atoms with E-state index in [1.165, 1.54) is 9.75 Å². The molecule has 0 aliphatic rings. The van der Waals surface area contributed by atoms with Crippen molar-refractivity contribution in [2.45, 2.75) is 25.8 Å². The first-order valence-corrected chi connectivity index (χ1v) is 6.08. The number of rotatable bonds is 3. The maximum atomic E-state index is 5.79. The van der Waals surface area contributed by atoms with Gasteiger partial charge in [-0.1, -0.05) is 0 Å². The smallest absolute Gasteiger partial charge is 0.148 e. The SMILES string of the molecule is Cc1ccc(C(C)n2cnnc2CCl)s1. The first-order chi connectivity index (χ1) is 7.22. The molecule has 80 valence electrons. The van der Waals surface area contributed by atoms with E-state index in [4.69, 9.17) is 11.6 Å². The Morgan fingerprint density at radius 1 is 1.53 bits per heavy atom. The second kappa shape index (κ2) is 4.33. The van der Waals surface area contributed by atoms with Crippen LogP contribution in [-0.4, -0.2) is 14.8 Å². The molecule has 3 nitrogen and oxygen atoms in total. The Morgan fingerprint density at radius 2 is 2.33 bits per heavy atom. The van der Waals surface area contributed by atoms with Crippen molar-refractivity contribution in [3.05, 3.63) is 34.0 Å². The Labute approximate surface area is 97.7 Å². The Kier molecular flexibility index (Phi) is 3.07. The topological polar surface area (TPSA) is 30.7 Å². The molecule has 0 aliphatic heterocycles. The summed E-state index contributed by atoms with van der Waals surface area (Å²) >= 11 is 7.58. The van der Waals surface area contributed by atoms with Gasteiger partial charge in [0.1, 0.15) is 12.2 Å². The fourth-order valence-electron chi connectivity index (χ4n) is 1.50. The zero-order valence-corrected chi connectivity index (χ0v) is 10.2. The largest absolute Gasteiger partial charge is 0.308 e. The maximum absolute atomic E-state index is 5.79. The summed E-state index contributed by atoms with van der Waals surface area (Å²) in [7, 11) is 0. The summed E-state index contributed by atoms with van der Waals surface area (Å²) in [4.78, 5) is 2.62. The van der Waals surface area contributed by atoms with Gasteiger partial charge in [-0.2, -0.15) is 0 Å². The fourth-order valence-corrected chi connectivity index (χ4v) is 2.62. The van der Waals surface area contributed by atoms with Gasteiger partial charge in [0.2, 0.25) is 0 Å². The number of nitrogens with zero attached hydrogens (tertiary/aromatic N) is 3. The van der Waals surface area contributed by atoms with Crippen LogP contribution in [0.25, 0.3) is 0 Å². The highest BCUT2D eigenvalue weighted by molar-refractivity contribution is 7.12.